The smallest absolute Gasteiger partial charge is 0.399 e. The van der Waals surface area contributed by atoms with Gasteiger partial charge in [0.2, 0.25) is 0 Å². The first-order valence-electron chi connectivity index (χ1n) is 45.4. The lowest BCUT2D eigenvalue weighted by atomic mass is 9.55. The fraction of sp³-hybridized carbons (Fsp3) is 0.115. The Balaban J connectivity index is 0.000000118. The molecule has 0 radical (unpaired) electrons. The second kappa shape index (κ2) is 31.0. The van der Waals surface area contributed by atoms with E-state index in [1.165, 1.54) is 149 Å². The first-order valence-corrected chi connectivity index (χ1v) is 46.2. The van der Waals surface area contributed by atoms with Gasteiger partial charge in [0.15, 0.2) is 0 Å². The molecule has 1 saturated heterocycles. The summed E-state index contributed by atoms with van der Waals surface area (Å²) >= 11 is 3.57. The molecule has 6 nitrogen and oxygen atoms in total. The maximum Gasteiger partial charge on any atom is 0.495 e. The Bertz CT molecular complexity index is 7710. The van der Waals surface area contributed by atoms with Gasteiger partial charge in [-0.1, -0.05) is 347 Å². The second-order valence-electron chi connectivity index (χ2n) is 37.3. The summed E-state index contributed by atoms with van der Waals surface area (Å²) in [4.78, 5) is 4.69. The summed E-state index contributed by atoms with van der Waals surface area (Å²) in [5.74, 6) is 0. The molecule has 2 spiro atoms. The average molecular weight is 1740 g/mol. The molecule has 18 aromatic carbocycles. The number of halogens is 1. The Morgan fingerprint density at radius 3 is 0.962 bits per heavy atom. The summed E-state index contributed by atoms with van der Waals surface area (Å²) in [6.45, 7) is 18.0. The van der Waals surface area contributed by atoms with Crippen LogP contribution in [-0.4, -0.2) is 27.5 Å². The highest BCUT2D eigenvalue weighted by atomic mass is 79.9. The molecule has 2 aromatic heterocycles. The maximum atomic E-state index is 6.62. The average Bonchev–Trinajstić information content (AvgIpc) is 1.49. The fourth-order valence-electron chi connectivity index (χ4n) is 22.6. The zero-order valence-electron chi connectivity index (χ0n) is 74.1. The second-order valence-corrected chi connectivity index (χ2v) is 38.2. The van der Waals surface area contributed by atoms with Crippen LogP contribution in [0.15, 0.2) is 441 Å². The number of fused-ring (bicyclic) bond motifs is 24. The lowest BCUT2D eigenvalue weighted by Crippen LogP contribution is -2.41. The van der Waals surface area contributed by atoms with Crippen molar-refractivity contribution in [1.29, 1.82) is 0 Å². The third kappa shape index (κ3) is 12.3. The third-order valence-corrected chi connectivity index (χ3v) is 29.6. The van der Waals surface area contributed by atoms with Gasteiger partial charge in [-0.3, -0.25) is 0 Å². The van der Waals surface area contributed by atoms with Crippen molar-refractivity contribution in [2.45, 2.75) is 88.3 Å². The highest BCUT2D eigenvalue weighted by Gasteiger charge is 2.58. The molecule has 3 heterocycles. The Morgan fingerprint density at radius 1 is 0.238 bits per heavy atom. The highest BCUT2D eigenvalue weighted by Crippen LogP contribution is 2.65. The maximum absolute atomic E-state index is 6.62. The summed E-state index contributed by atoms with van der Waals surface area (Å²) in [5, 5.41) is 4.96. The van der Waals surface area contributed by atoms with E-state index in [0.29, 0.717) is 0 Å². The van der Waals surface area contributed by atoms with E-state index in [1.807, 2.05) is 0 Å². The van der Waals surface area contributed by atoms with Crippen molar-refractivity contribution in [2.24, 2.45) is 0 Å². The third-order valence-electron chi connectivity index (χ3n) is 29.1. The normalized spacial score (nSPS) is 15.3. The van der Waals surface area contributed by atoms with Crippen LogP contribution in [0.4, 0.5) is 34.1 Å². The van der Waals surface area contributed by atoms with Crippen LogP contribution in [0.3, 0.4) is 0 Å². The zero-order valence-corrected chi connectivity index (χ0v) is 75.7. The van der Waals surface area contributed by atoms with Gasteiger partial charge in [0.1, 0.15) is 0 Å². The fourth-order valence-corrected chi connectivity index (χ4v) is 22.9. The van der Waals surface area contributed by atoms with Crippen LogP contribution < -0.4 is 15.3 Å². The largest absolute Gasteiger partial charge is 0.495 e. The molecule has 0 atom stereocenters. The minimum atomic E-state index is -0.423. The van der Waals surface area contributed by atoms with Crippen LogP contribution >= 0.6 is 15.9 Å². The van der Waals surface area contributed by atoms with E-state index in [2.05, 4.69) is 527 Å². The molecular formula is C122H96BBrN4O2. The quantitative estimate of drug-likeness (QED) is 0.128. The van der Waals surface area contributed by atoms with Gasteiger partial charge >= 0.3 is 7.12 Å². The molecule has 0 amide bonds. The van der Waals surface area contributed by atoms with Gasteiger partial charge in [0, 0.05) is 82.3 Å². The van der Waals surface area contributed by atoms with Crippen molar-refractivity contribution in [1.82, 2.24) is 9.13 Å². The molecule has 8 heteroatoms. The molecule has 0 unspecified atom stereocenters. The topological polar surface area (TPSA) is 34.8 Å². The molecule has 0 N–H and O–H groups in total. The van der Waals surface area contributed by atoms with E-state index in [4.69, 9.17) is 9.31 Å². The van der Waals surface area contributed by atoms with Crippen LogP contribution in [0.5, 0.6) is 0 Å². The molecule has 626 valence electrons. The number of aromatic nitrogens is 2. The zero-order chi connectivity index (χ0) is 88.0. The number of benzene rings is 18. The number of para-hydroxylation sites is 6. The lowest BCUT2D eigenvalue weighted by Gasteiger charge is -2.46. The number of nitrogens with zero attached hydrogens (tertiary/aromatic N) is 4. The van der Waals surface area contributed by atoms with E-state index in [9.17, 15) is 0 Å². The standard InChI is InChI=1S/C58H42N2.C34H33BO2.C30H21BrN2/c1-57(2)49-26-12-14-28-51(49)58(52-29-15-13-27-50(52)57)48-25-11-9-23-46(48)56-44(24-17-30-53(56)58)39-32-34-42(35-33-39)59(40-18-5-3-6-19-40)43-36-37-55-47(38-43)45-22-10-16-31-54(45)60(55)41-20-7-4-8-21-41;1-31(2)24-16-9-11-18-26(24)34(27-19-12-10-17-25(27)31)23-15-8-7-14-22(23)30-28(34)20-13-21-29(30)35-36-32(3,4)33(5,6)37-35;31-22-15-17-25(18-16-22)32(23-9-3-1-4-10-23)26-19-20-30-28(21-26)27-13-7-8-14-29(27)33(30)24-11-5-2-6-12-24/h3-38H,1-2H3;7-21H,1-6H3;1-21H. The summed E-state index contributed by atoms with van der Waals surface area (Å²) < 4.78 is 19.0. The number of hydrogen-bond donors (Lipinski definition) is 0. The van der Waals surface area contributed by atoms with Crippen molar-refractivity contribution in [3.8, 4) is 44.8 Å². The van der Waals surface area contributed by atoms with Gasteiger partial charge < -0.3 is 28.2 Å². The van der Waals surface area contributed by atoms with Crippen molar-refractivity contribution in [3.63, 3.8) is 0 Å². The van der Waals surface area contributed by atoms with E-state index >= 15 is 0 Å². The Morgan fingerprint density at radius 2 is 0.538 bits per heavy atom. The molecule has 20 aromatic rings. The van der Waals surface area contributed by atoms with Crippen LogP contribution in [0.2, 0.25) is 0 Å². The highest BCUT2D eigenvalue weighted by molar-refractivity contribution is 9.10. The molecule has 0 saturated carbocycles. The number of hydrogen-bond acceptors (Lipinski definition) is 4. The molecule has 5 aliphatic rings. The first kappa shape index (κ1) is 80.2. The van der Waals surface area contributed by atoms with E-state index in [1.54, 1.807) is 0 Å². The van der Waals surface area contributed by atoms with E-state index < -0.39 is 29.2 Å². The Hall–Kier alpha value is -14.4. The predicted octanol–water partition coefficient (Wildman–Crippen LogP) is 30.9. The molecule has 0 bridgehead atoms. The van der Waals surface area contributed by atoms with Gasteiger partial charge in [-0.25, -0.2) is 0 Å². The Kier molecular flexibility index (Phi) is 19.1. The van der Waals surface area contributed by atoms with Crippen LogP contribution in [0.1, 0.15) is 122 Å². The Labute approximate surface area is 769 Å². The van der Waals surface area contributed by atoms with E-state index in [0.717, 1.165) is 49.7 Å². The summed E-state index contributed by atoms with van der Waals surface area (Å²) in [6.07, 6.45) is 0. The molecule has 1 fully saturated rings. The lowest BCUT2D eigenvalue weighted by molar-refractivity contribution is 0.00578. The predicted molar refractivity (Wildman–Crippen MR) is 545 cm³/mol. The molecule has 1 aliphatic heterocycles. The van der Waals surface area contributed by atoms with Crippen molar-refractivity contribution < 1.29 is 9.31 Å². The van der Waals surface area contributed by atoms with Gasteiger partial charge in [-0.15, -0.1) is 0 Å². The van der Waals surface area contributed by atoms with Gasteiger partial charge in [0.05, 0.1) is 44.1 Å². The number of rotatable bonds is 10. The SMILES string of the molecule is Brc1ccc(N(c2ccccc2)c2ccc3c(c2)c2ccccc2n3-c2ccccc2)cc1.CC1(C)c2ccccc2C2(c3ccccc3-c3c(-c4ccc(N(c5ccccc5)c5ccc6c(c5)c5ccccc5n6-c5ccccc5)cc4)cccc32)c2ccccc21.CC1(C)c2ccccc2C2(c3ccccc3-c3c(B4OC(C)(C)C(C)(C)O4)cccc32)c2ccccc21. The molecular weight excluding hydrogens is 1640 g/mol. The number of anilines is 6. The summed E-state index contributed by atoms with van der Waals surface area (Å²) in [5.41, 5.74) is 37.2. The van der Waals surface area contributed by atoms with Crippen molar-refractivity contribution in [2.75, 3.05) is 9.80 Å². The van der Waals surface area contributed by atoms with Gasteiger partial charge in [-0.05, 0) is 267 Å². The minimum absolute atomic E-state index is 0.0978. The van der Waals surface area contributed by atoms with Crippen molar-refractivity contribution >= 4 is 106 Å². The van der Waals surface area contributed by atoms with Gasteiger partial charge in [-0.2, -0.15) is 0 Å². The van der Waals surface area contributed by atoms with Crippen LogP contribution in [0.25, 0.3) is 88.4 Å². The molecule has 25 rings (SSSR count). The first-order chi connectivity index (χ1) is 63.4. The molecule has 4 aliphatic carbocycles. The van der Waals surface area contributed by atoms with Gasteiger partial charge in [0.25, 0.3) is 0 Å². The summed E-state index contributed by atoms with van der Waals surface area (Å²) in [6, 6.07) is 160. The molecule has 130 heavy (non-hydrogen) atoms. The summed E-state index contributed by atoms with van der Waals surface area (Å²) in [7, 11) is -0.423. The van der Waals surface area contributed by atoms with Crippen molar-refractivity contribution in [3.05, 3.63) is 508 Å². The van der Waals surface area contributed by atoms with Crippen LogP contribution in [0, 0.1) is 0 Å². The van der Waals surface area contributed by atoms with E-state index in [-0.39, 0.29) is 10.8 Å². The monoisotopic (exact) mass is 1740 g/mol. The van der Waals surface area contributed by atoms with Crippen LogP contribution in [-0.2, 0) is 31.0 Å². The minimum Gasteiger partial charge on any atom is -0.399 e.